The lowest BCUT2D eigenvalue weighted by Gasteiger charge is -2.12. The average molecular weight is 461 g/mol. The first-order chi connectivity index (χ1) is 14.4. The molecule has 0 N–H and O–H groups in total. The van der Waals surface area contributed by atoms with E-state index in [1.807, 2.05) is 75.8 Å². The molecule has 0 unspecified atom stereocenters. The van der Waals surface area contributed by atoms with Crippen LogP contribution in [0.4, 0.5) is 11.4 Å². The largest absolute Gasteiger partial charge is 0.378 e. The van der Waals surface area contributed by atoms with E-state index in [4.69, 9.17) is 0 Å². The third kappa shape index (κ3) is 4.04. The normalized spacial score (nSPS) is 11.3. The van der Waals surface area contributed by atoms with Crippen molar-refractivity contribution in [3.63, 3.8) is 0 Å². The molecule has 0 saturated carbocycles. The van der Waals surface area contributed by atoms with Gasteiger partial charge in [0.25, 0.3) is 5.56 Å². The number of rotatable bonds is 4. The Bertz CT molecular complexity index is 1290. The Balaban J connectivity index is 1.63. The van der Waals surface area contributed by atoms with Crippen LogP contribution < -0.4 is 10.5 Å². The molecule has 0 aliphatic heterocycles. The van der Waals surface area contributed by atoms with Crippen LogP contribution in [0, 0.1) is 6.92 Å². The Morgan fingerprint density at radius 1 is 1.00 bits per heavy atom. The monoisotopic (exact) mass is 460 g/mol. The fourth-order valence-electron chi connectivity index (χ4n) is 3.27. The standard InChI is InChI=1S/C24H21BrN4O/c1-16-27-23-13-6-18(25)14-22(23)24(30)29(16)21-11-7-19(8-12-21)26-15-17-4-9-20(10-5-17)28(2)3/h4-15H,1-3H3. The summed E-state index contributed by atoms with van der Waals surface area (Å²) in [5.41, 5.74) is 4.36. The van der Waals surface area contributed by atoms with Gasteiger partial charge in [-0.25, -0.2) is 4.98 Å². The lowest BCUT2D eigenvalue weighted by Crippen LogP contribution is -2.22. The van der Waals surface area contributed by atoms with E-state index in [9.17, 15) is 4.79 Å². The number of aliphatic imine (C=N–C) groups is 1. The van der Waals surface area contributed by atoms with Gasteiger partial charge in [0.15, 0.2) is 0 Å². The highest BCUT2D eigenvalue weighted by molar-refractivity contribution is 9.10. The first-order valence-electron chi connectivity index (χ1n) is 9.53. The van der Waals surface area contributed by atoms with Crippen molar-refractivity contribution in [2.24, 2.45) is 4.99 Å². The molecule has 0 fully saturated rings. The predicted molar refractivity (Wildman–Crippen MR) is 128 cm³/mol. The van der Waals surface area contributed by atoms with Gasteiger partial charge in [0, 0.05) is 30.5 Å². The first-order valence-corrected chi connectivity index (χ1v) is 10.3. The number of benzene rings is 3. The zero-order valence-electron chi connectivity index (χ0n) is 17.0. The van der Waals surface area contributed by atoms with Crippen molar-refractivity contribution in [3.8, 4) is 5.69 Å². The number of hydrogen-bond acceptors (Lipinski definition) is 4. The Hall–Kier alpha value is -3.25. The minimum atomic E-state index is -0.0870. The maximum absolute atomic E-state index is 13.0. The van der Waals surface area contributed by atoms with Crippen molar-refractivity contribution < 1.29 is 0 Å². The molecule has 0 atom stereocenters. The van der Waals surface area contributed by atoms with E-state index < -0.39 is 0 Å². The van der Waals surface area contributed by atoms with Gasteiger partial charge in [-0.2, -0.15) is 0 Å². The second-order valence-corrected chi connectivity index (χ2v) is 8.14. The van der Waals surface area contributed by atoms with E-state index in [1.54, 1.807) is 10.6 Å². The quantitative estimate of drug-likeness (QED) is 0.389. The third-order valence-electron chi connectivity index (χ3n) is 4.88. The summed E-state index contributed by atoms with van der Waals surface area (Å²) in [6.07, 6.45) is 1.83. The van der Waals surface area contributed by atoms with E-state index in [0.29, 0.717) is 16.7 Å². The molecule has 5 nitrogen and oxygen atoms in total. The Kier molecular flexibility index (Phi) is 5.50. The van der Waals surface area contributed by atoms with Gasteiger partial charge in [-0.05, 0) is 67.1 Å². The molecule has 150 valence electrons. The number of nitrogens with zero attached hydrogens (tertiary/aromatic N) is 4. The molecular formula is C24H21BrN4O. The number of aryl methyl sites for hydroxylation is 1. The fraction of sp³-hybridized carbons (Fsp3) is 0.125. The van der Waals surface area contributed by atoms with Crippen LogP contribution in [0.25, 0.3) is 16.6 Å². The Labute approximate surface area is 183 Å². The average Bonchev–Trinajstić information content (AvgIpc) is 2.74. The topological polar surface area (TPSA) is 50.5 Å². The molecular weight excluding hydrogens is 440 g/mol. The third-order valence-corrected chi connectivity index (χ3v) is 5.37. The van der Waals surface area contributed by atoms with E-state index in [2.05, 4.69) is 42.9 Å². The maximum Gasteiger partial charge on any atom is 0.265 e. The molecule has 1 aromatic heterocycles. The van der Waals surface area contributed by atoms with E-state index in [0.717, 1.165) is 27.1 Å². The summed E-state index contributed by atoms with van der Waals surface area (Å²) in [7, 11) is 4.03. The molecule has 0 amide bonds. The van der Waals surface area contributed by atoms with Crippen LogP contribution in [0.5, 0.6) is 0 Å². The number of anilines is 1. The minimum Gasteiger partial charge on any atom is -0.378 e. The summed E-state index contributed by atoms with van der Waals surface area (Å²) in [5.74, 6) is 0.645. The van der Waals surface area contributed by atoms with Gasteiger partial charge in [-0.15, -0.1) is 0 Å². The molecule has 0 aliphatic rings. The van der Waals surface area contributed by atoms with Gasteiger partial charge >= 0.3 is 0 Å². The zero-order chi connectivity index (χ0) is 21.3. The molecule has 4 rings (SSSR count). The molecule has 0 aliphatic carbocycles. The van der Waals surface area contributed by atoms with Crippen molar-refractivity contribution in [2.75, 3.05) is 19.0 Å². The predicted octanol–water partition coefficient (Wildman–Crippen LogP) is 5.27. The van der Waals surface area contributed by atoms with Gasteiger partial charge in [0.1, 0.15) is 5.82 Å². The second-order valence-electron chi connectivity index (χ2n) is 7.22. The fourth-order valence-corrected chi connectivity index (χ4v) is 3.63. The van der Waals surface area contributed by atoms with Crippen LogP contribution in [-0.4, -0.2) is 29.9 Å². The molecule has 30 heavy (non-hydrogen) atoms. The van der Waals surface area contributed by atoms with Crippen LogP contribution in [-0.2, 0) is 0 Å². The number of aromatic nitrogens is 2. The molecule has 1 heterocycles. The smallest absolute Gasteiger partial charge is 0.265 e. The molecule has 0 saturated heterocycles. The molecule has 0 bridgehead atoms. The van der Waals surface area contributed by atoms with Crippen LogP contribution in [0.3, 0.4) is 0 Å². The lowest BCUT2D eigenvalue weighted by atomic mass is 10.2. The van der Waals surface area contributed by atoms with Crippen molar-refractivity contribution in [2.45, 2.75) is 6.92 Å². The van der Waals surface area contributed by atoms with Crippen molar-refractivity contribution in [3.05, 3.63) is 92.9 Å². The summed E-state index contributed by atoms with van der Waals surface area (Å²) in [4.78, 5) is 24.2. The maximum atomic E-state index is 13.0. The molecule has 3 aromatic carbocycles. The number of halogens is 1. The van der Waals surface area contributed by atoms with Crippen LogP contribution in [0.1, 0.15) is 11.4 Å². The van der Waals surface area contributed by atoms with Crippen LogP contribution >= 0.6 is 15.9 Å². The highest BCUT2D eigenvalue weighted by atomic mass is 79.9. The van der Waals surface area contributed by atoms with E-state index in [1.165, 1.54) is 0 Å². The summed E-state index contributed by atoms with van der Waals surface area (Å²) in [6.45, 7) is 1.84. The summed E-state index contributed by atoms with van der Waals surface area (Å²) < 4.78 is 2.48. The molecule has 0 radical (unpaired) electrons. The Morgan fingerprint density at radius 3 is 2.37 bits per heavy atom. The lowest BCUT2D eigenvalue weighted by molar-refractivity contribution is 0.895. The van der Waals surface area contributed by atoms with Gasteiger partial charge in [-0.1, -0.05) is 28.1 Å². The van der Waals surface area contributed by atoms with Gasteiger partial charge < -0.3 is 4.90 Å². The summed E-state index contributed by atoms with van der Waals surface area (Å²) in [5, 5.41) is 0.582. The minimum absolute atomic E-state index is 0.0870. The zero-order valence-corrected chi connectivity index (χ0v) is 18.6. The summed E-state index contributed by atoms with van der Waals surface area (Å²) in [6, 6.07) is 21.3. The van der Waals surface area contributed by atoms with E-state index in [-0.39, 0.29) is 5.56 Å². The van der Waals surface area contributed by atoms with E-state index >= 15 is 0 Å². The number of hydrogen-bond donors (Lipinski definition) is 0. The van der Waals surface area contributed by atoms with Gasteiger partial charge in [0.05, 0.1) is 22.3 Å². The first kappa shape index (κ1) is 20.0. The molecule has 0 spiro atoms. The van der Waals surface area contributed by atoms with Crippen molar-refractivity contribution in [1.82, 2.24) is 9.55 Å². The highest BCUT2D eigenvalue weighted by Crippen LogP contribution is 2.20. The highest BCUT2D eigenvalue weighted by Gasteiger charge is 2.10. The van der Waals surface area contributed by atoms with Gasteiger partial charge in [-0.3, -0.25) is 14.4 Å². The molecule has 6 heteroatoms. The van der Waals surface area contributed by atoms with Crippen molar-refractivity contribution in [1.29, 1.82) is 0 Å². The second kappa shape index (κ2) is 8.24. The van der Waals surface area contributed by atoms with Crippen LogP contribution in [0.15, 0.2) is 81.0 Å². The van der Waals surface area contributed by atoms with Gasteiger partial charge in [0.2, 0.25) is 0 Å². The summed E-state index contributed by atoms with van der Waals surface area (Å²) >= 11 is 3.43. The molecule has 4 aromatic rings. The SMILES string of the molecule is Cc1nc2ccc(Br)cc2c(=O)n1-c1ccc(N=Cc2ccc(N(C)C)cc2)cc1. The number of fused-ring (bicyclic) bond motifs is 1. The van der Waals surface area contributed by atoms with Crippen molar-refractivity contribution >= 4 is 44.4 Å². The van der Waals surface area contributed by atoms with Crippen LogP contribution in [0.2, 0.25) is 0 Å². The Morgan fingerprint density at radius 2 is 1.70 bits per heavy atom.